The van der Waals surface area contributed by atoms with E-state index in [9.17, 15) is 14.7 Å². The van der Waals surface area contributed by atoms with Crippen molar-refractivity contribution >= 4 is 11.9 Å². The number of amides is 1. The number of aliphatic carboxylic acids is 1. The van der Waals surface area contributed by atoms with Crippen molar-refractivity contribution in [3.63, 3.8) is 0 Å². The fourth-order valence-corrected chi connectivity index (χ4v) is 2.58. The lowest BCUT2D eigenvalue weighted by Gasteiger charge is -2.33. The molecule has 0 unspecified atom stereocenters. The number of nitrogens with zero attached hydrogens (tertiary/aromatic N) is 2. The first-order chi connectivity index (χ1) is 9.44. The van der Waals surface area contributed by atoms with Crippen LogP contribution in [-0.2, 0) is 4.79 Å². The number of rotatable bonds is 4. The lowest BCUT2D eigenvalue weighted by Crippen LogP contribution is -2.55. The minimum Gasteiger partial charge on any atom is -0.480 e. The number of carbonyl (C=O) groups is 2. The lowest BCUT2D eigenvalue weighted by molar-refractivity contribution is -0.145. The standard InChI is InChI=1S/C14H21N3O3/c1-10(2)17-9-6-11(16-17)12(18)15-14(13(19)20)7-4-3-5-8-14/h6,9-10H,3-5,7-8H2,1-2H3,(H,15,18)(H,19,20). The number of hydrogen-bond donors (Lipinski definition) is 2. The van der Waals surface area contributed by atoms with Gasteiger partial charge in [0.15, 0.2) is 0 Å². The fourth-order valence-electron chi connectivity index (χ4n) is 2.58. The number of carboxylic acids is 1. The smallest absolute Gasteiger partial charge is 0.329 e. The molecule has 0 atom stereocenters. The van der Waals surface area contributed by atoms with Gasteiger partial charge < -0.3 is 10.4 Å². The van der Waals surface area contributed by atoms with Gasteiger partial charge in [-0.25, -0.2) is 4.79 Å². The quantitative estimate of drug-likeness (QED) is 0.882. The van der Waals surface area contributed by atoms with Crippen molar-refractivity contribution in [2.45, 2.75) is 57.5 Å². The Morgan fingerprint density at radius 1 is 1.35 bits per heavy atom. The van der Waals surface area contributed by atoms with E-state index in [2.05, 4.69) is 10.4 Å². The van der Waals surface area contributed by atoms with E-state index in [0.717, 1.165) is 19.3 Å². The third-order valence-electron chi connectivity index (χ3n) is 3.84. The molecule has 2 N–H and O–H groups in total. The summed E-state index contributed by atoms with van der Waals surface area (Å²) >= 11 is 0. The monoisotopic (exact) mass is 279 g/mol. The van der Waals surface area contributed by atoms with Crippen LogP contribution in [0, 0.1) is 0 Å². The number of hydrogen-bond acceptors (Lipinski definition) is 3. The molecule has 0 spiro atoms. The Morgan fingerprint density at radius 3 is 2.50 bits per heavy atom. The first-order valence-electron chi connectivity index (χ1n) is 7.06. The SMILES string of the molecule is CC(C)n1ccc(C(=O)NC2(C(=O)O)CCCCC2)n1. The zero-order chi connectivity index (χ0) is 14.8. The molecule has 0 bridgehead atoms. The number of nitrogens with one attached hydrogen (secondary N) is 1. The van der Waals surface area contributed by atoms with E-state index >= 15 is 0 Å². The molecule has 1 aliphatic rings. The Balaban J connectivity index is 2.13. The van der Waals surface area contributed by atoms with E-state index < -0.39 is 17.4 Å². The Labute approximate surface area is 118 Å². The molecule has 1 aromatic heterocycles. The zero-order valence-corrected chi connectivity index (χ0v) is 11.9. The highest BCUT2D eigenvalue weighted by molar-refractivity contribution is 5.96. The highest BCUT2D eigenvalue weighted by Crippen LogP contribution is 2.28. The van der Waals surface area contributed by atoms with Gasteiger partial charge in [-0.05, 0) is 32.8 Å². The Kier molecular flexibility index (Phi) is 4.11. The van der Waals surface area contributed by atoms with E-state index in [0.29, 0.717) is 12.8 Å². The van der Waals surface area contributed by atoms with Crippen molar-refractivity contribution in [1.29, 1.82) is 0 Å². The van der Waals surface area contributed by atoms with Crippen LogP contribution < -0.4 is 5.32 Å². The van der Waals surface area contributed by atoms with Gasteiger partial charge in [0.05, 0.1) is 0 Å². The maximum atomic E-state index is 12.2. The van der Waals surface area contributed by atoms with Crippen LogP contribution in [0.3, 0.4) is 0 Å². The molecule has 1 aliphatic carbocycles. The topological polar surface area (TPSA) is 84.2 Å². The minimum absolute atomic E-state index is 0.166. The summed E-state index contributed by atoms with van der Waals surface area (Å²) in [6, 6.07) is 1.79. The van der Waals surface area contributed by atoms with Crippen molar-refractivity contribution in [2.75, 3.05) is 0 Å². The minimum atomic E-state index is -1.13. The van der Waals surface area contributed by atoms with E-state index in [1.165, 1.54) is 0 Å². The molecule has 1 aromatic rings. The third-order valence-corrected chi connectivity index (χ3v) is 3.84. The summed E-state index contributed by atoms with van der Waals surface area (Å²) in [5, 5.41) is 16.3. The van der Waals surface area contributed by atoms with Crippen molar-refractivity contribution in [2.24, 2.45) is 0 Å². The number of carbonyl (C=O) groups excluding carboxylic acids is 1. The van der Waals surface area contributed by atoms with Crippen LogP contribution in [0.25, 0.3) is 0 Å². The van der Waals surface area contributed by atoms with Crippen LogP contribution in [0.5, 0.6) is 0 Å². The molecule has 1 saturated carbocycles. The molecule has 6 nitrogen and oxygen atoms in total. The van der Waals surface area contributed by atoms with E-state index in [4.69, 9.17) is 0 Å². The van der Waals surface area contributed by atoms with E-state index in [-0.39, 0.29) is 11.7 Å². The van der Waals surface area contributed by atoms with Gasteiger partial charge in [-0.1, -0.05) is 19.3 Å². The molecular weight excluding hydrogens is 258 g/mol. The predicted molar refractivity (Wildman–Crippen MR) is 73.5 cm³/mol. The average molecular weight is 279 g/mol. The van der Waals surface area contributed by atoms with Crippen molar-refractivity contribution in [1.82, 2.24) is 15.1 Å². The summed E-state index contributed by atoms with van der Waals surface area (Å²) in [4.78, 5) is 23.7. The molecule has 1 amide bonds. The second-order valence-electron chi connectivity index (χ2n) is 5.68. The molecule has 1 fully saturated rings. The fraction of sp³-hybridized carbons (Fsp3) is 0.643. The van der Waals surface area contributed by atoms with Crippen LogP contribution in [0.15, 0.2) is 12.3 Å². The summed E-state index contributed by atoms with van der Waals surface area (Å²) in [7, 11) is 0. The van der Waals surface area contributed by atoms with Crippen LogP contribution in [-0.4, -0.2) is 32.3 Å². The average Bonchev–Trinajstić information content (AvgIpc) is 2.89. The molecule has 2 rings (SSSR count). The van der Waals surface area contributed by atoms with Gasteiger partial charge in [0.2, 0.25) is 0 Å². The Bertz CT molecular complexity index is 502. The molecule has 0 aromatic carbocycles. The molecule has 0 aliphatic heterocycles. The highest BCUT2D eigenvalue weighted by Gasteiger charge is 2.41. The summed E-state index contributed by atoms with van der Waals surface area (Å²) < 4.78 is 1.68. The van der Waals surface area contributed by atoms with E-state index in [1.54, 1.807) is 16.9 Å². The molecule has 0 radical (unpaired) electrons. The molecule has 1 heterocycles. The summed E-state index contributed by atoms with van der Waals surface area (Å²) in [6.07, 6.45) is 5.37. The Hall–Kier alpha value is -1.85. The molecule has 0 saturated heterocycles. The molecular formula is C14H21N3O3. The maximum absolute atomic E-state index is 12.2. The van der Waals surface area contributed by atoms with Crippen molar-refractivity contribution in [3.8, 4) is 0 Å². The van der Waals surface area contributed by atoms with Crippen LogP contribution >= 0.6 is 0 Å². The second-order valence-corrected chi connectivity index (χ2v) is 5.68. The second kappa shape index (κ2) is 5.64. The van der Waals surface area contributed by atoms with Crippen LogP contribution in [0.2, 0.25) is 0 Å². The molecule has 6 heteroatoms. The normalized spacial score (nSPS) is 17.9. The van der Waals surface area contributed by atoms with Gasteiger partial charge in [0, 0.05) is 12.2 Å². The lowest BCUT2D eigenvalue weighted by atomic mass is 9.81. The first-order valence-corrected chi connectivity index (χ1v) is 7.06. The molecule has 20 heavy (non-hydrogen) atoms. The summed E-state index contributed by atoms with van der Waals surface area (Å²) in [5.74, 6) is -1.36. The predicted octanol–water partition coefficient (Wildman–Crippen LogP) is 1.98. The van der Waals surface area contributed by atoms with Gasteiger partial charge in [0.25, 0.3) is 5.91 Å². The molecule has 110 valence electrons. The third kappa shape index (κ3) is 2.84. The maximum Gasteiger partial charge on any atom is 0.329 e. The van der Waals surface area contributed by atoms with Gasteiger partial charge in [-0.15, -0.1) is 0 Å². The van der Waals surface area contributed by atoms with E-state index in [1.807, 2.05) is 13.8 Å². The van der Waals surface area contributed by atoms with Gasteiger partial charge in [-0.2, -0.15) is 5.10 Å². The summed E-state index contributed by atoms with van der Waals surface area (Å²) in [6.45, 7) is 3.93. The van der Waals surface area contributed by atoms with Gasteiger partial charge in [-0.3, -0.25) is 9.48 Å². The highest BCUT2D eigenvalue weighted by atomic mass is 16.4. The van der Waals surface area contributed by atoms with Crippen LogP contribution in [0.4, 0.5) is 0 Å². The van der Waals surface area contributed by atoms with Crippen LogP contribution in [0.1, 0.15) is 62.5 Å². The summed E-state index contributed by atoms with van der Waals surface area (Å²) in [5.41, 5.74) is -0.860. The van der Waals surface area contributed by atoms with Crippen molar-refractivity contribution in [3.05, 3.63) is 18.0 Å². The van der Waals surface area contributed by atoms with Crippen molar-refractivity contribution < 1.29 is 14.7 Å². The Morgan fingerprint density at radius 2 is 2.00 bits per heavy atom. The van der Waals surface area contributed by atoms with Gasteiger partial charge in [0.1, 0.15) is 11.2 Å². The zero-order valence-electron chi connectivity index (χ0n) is 11.9. The van der Waals surface area contributed by atoms with Gasteiger partial charge >= 0.3 is 5.97 Å². The number of aromatic nitrogens is 2. The first kappa shape index (κ1) is 14.6. The largest absolute Gasteiger partial charge is 0.480 e. The number of carboxylic acid groups (broad SMARTS) is 1.